The normalized spacial score (nSPS) is 18.5. The first-order valence-electron chi connectivity index (χ1n) is 8.40. The average Bonchev–Trinajstić information content (AvgIpc) is 2.62. The van der Waals surface area contributed by atoms with Crippen molar-refractivity contribution in [1.82, 2.24) is 9.29 Å². The van der Waals surface area contributed by atoms with Gasteiger partial charge in [0.15, 0.2) is 0 Å². The summed E-state index contributed by atoms with van der Waals surface area (Å²) in [6.45, 7) is 2.06. The minimum Gasteiger partial charge on any atom is -0.309 e. The molecule has 1 atom stereocenters. The van der Waals surface area contributed by atoms with Crippen LogP contribution in [-0.2, 0) is 14.8 Å². The fourth-order valence-corrected chi connectivity index (χ4v) is 4.68. The number of nitrogens with zero attached hydrogens (tertiary/aromatic N) is 2. The molecule has 1 aliphatic rings. The third kappa shape index (κ3) is 3.91. The molecule has 26 heavy (non-hydrogen) atoms. The highest BCUT2D eigenvalue weighted by molar-refractivity contribution is 7.89. The van der Waals surface area contributed by atoms with E-state index in [-0.39, 0.29) is 11.4 Å². The number of rotatable bonds is 4. The molecule has 2 heterocycles. The van der Waals surface area contributed by atoms with Gasteiger partial charge in [0.2, 0.25) is 15.9 Å². The SMILES string of the molecule is Cc1cccc(NC(=O)C2CCCCN2S(=O)(=O)c2ccc(F)cc2)n1. The zero-order chi connectivity index (χ0) is 18.7. The van der Waals surface area contributed by atoms with Gasteiger partial charge in [0.1, 0.15) is 17.7 Å². The Bertz CT molecular complexity index is 900. The number of amides is 1. The van der Waals surface area contributed by atoms with Crippen LogP contribution in [0.2, 0.25) is 0 Å². The summed E-state index contributed by atoms with van der Waals surface area (Å²) in [5.41, 5.74) is 0.752. The summed E-state index contributed by atoms with van der Waals surface area (Å²) in [5, 5.41) is 2.70. The van der Waals surface area contributed by atoms with Gasteiger partial charge in [-0.3, -0.25) is 4.79 Å². The zero-order valence-corrected chi connectivity index (χ0v) is 15.2. The van der Waals surface area contributed by atoms with Gasteiger partial charge in [-0.2, -0.15) is 4.31 Å². The molecule has 6 nitrogen and oxygen atoms in total. The number of sulfonamides is 1. The smallest absolute Gasteiger partial charge is 0.243 e. The molecule has 1 N–H and O–H groups in total. The van der Waals surface area contributed by atoms with Crippen molar-refractivity contribution in [1.29, 1.82) is 0 Å². The number of halogens is 1. The van der Waals surface area contributed by atoms with E-state index < -0.39 is 27.8 Å². The lowest BCUT2D eigenvalue weighted by Gasteiger charge is -2.33. The van der Waals surface area contributed by atoms with Crippen LogP contribution < -0.4 is 5.32 Å². The van der Waals surface area contributed by atoms with E-state index in [9.17, 15) is 17.6 Å². The molecule has 0 spiro atoms. The number of anilines is 1. The fraction of sp³-hybridized carbons (Fsp3) is 0.333. The number of benzene rings is 1. The Balaban J connectivity index is 1.85. The Hall–Kier alpha value is -2.32. The van der Waals surface area contributed by atoms with Gasteiger partial charge in [0.25, 0.3) is 0 Å². The monoisotopic (exact) mass is 377 g/mol. The Morgan fingerprint density at radius 1 is 1.19 bits per heavy atom. The molecule has 1 aromatic heterocycles. The van der Waals surface area contributed by atoms with Gasteiger partial charge in [0.05, 0.1) is 4.90 Å². The Morgan fingerprint density at radius 2 is 1.92 bits per heavy atom. The number of aryl methyl sites for hydroxylation is 1. The first-order chi connectivity index (χ1) is 12.4. The second-order valence-corrected chi connectivity index (χ2v) is 8.13. The zero-order valence-electron chi connectivity index (χ0n) is 14.4. The van der Waals surface area contributed by atoms with E-state index in [0.29, 0.717) is 18.7 Å². The average molecular weight is 377 g/mol. The molecule has 1 fully saturated rings. The summed E-state index contributed by atoms with van der Waals surface area (Å²) < 4.78 is 40.2. The maximum absolute atomic E-state index is 13.1. The summed E-state index contributed by atoms with van der Waals surface area (Å²) >= 11 is 0. The van der Waals surface area contributed by atoms with Crippen LogP contribution in [0, 0.1) is 12.7 Å². The topological polar surface area (TPSA) is 79.4 Å². The summed E-state index contributed by atoms with van der Waals surface area (Å²) in [5.74, 6) is -0.532. The minimum atomic E-state index is -3.89. The summed E-state index contributed by atoms with van der Waals surface area (Å²) in [6, 6.07) is 9.05. The minimum absolute atomic E-state index is 0.0210. The number of pyridine rings is 1. The molecule has 0 radical (unpaired) electrons. The van der Waals surface area contributed by atoms with Gasteiger partial charge in [-0.1, -0.05) is 12.5 Å². The second kappa shape index (κ2) is 7.51. The molecular weight excluding hydrogens is 357 g/mol. The largest absolute Gasteiger partial charge is 0.309 e. The van der Waals surface area contributed by atoms with Crippen molar-refractivity contribution in [2.75, 3.05) is 11.9 Å². The molecule has 138 valence electrons. The summed E-state index contributed by atoms with van der Waals surface area (Å²) in [7, 11) is -3.89. The van der Waals surface area contributed by atoms with E-state index in [1.807, 2.05) is 13.0 Å². The van der Waals surface area contributed by atoms with Crippen LogP contribution in [0.4, 0.5) is 10.2 Å². The van der Waals surface area contributed by atoms with Crippen molar-refractivity contribution in [3.05, 3.63) is 54.0 Å². The van der Waals surface area contributed by atoms with E-state index in [1.54, 1.807) is 12.1 Å². The lowest BCUT2D eigenvalue weighted by molar-refractivity contribution is -0.120. The van der Waals surface area contributed by atoms with Gasteiger partial charge in [0, 0.05) is 12.2 Å². The molecule has 1 aliphatic heterocycles. The van der Waals surface area contributed by atoms with E-state index in [2.05, 4.69) is 10.3 Å². The van der Waals surface area contributed by atoms with E-state index >= 15 is 0 Å². The van der Waals surface area contributed by atoms with Gasteiger partial charge in [-0.05, 0) is 56.2 Å². The number of nitrogens with one attached hydrogen (secondary N) is 1. The molecule has 1 amide bonds. The molecule has 1 unspecified atom stereocenters. The van der Waals surface area contributed by atoms with Gasteiger partial charge in [-0.25, -0.2) is 17.8 Å². The number of carbonyl (C=O) groups is 1. The summed E-state index contributed by atoms with van der Waals surface area (Å²) in [6.07, 6.45) is 1.86. The Kier molecular flexibility index (Phi) is 5.33. The van der Waals surface area contributed by atoms with E-state index in [1.165, 1.54) is 16.4 Å². The van der Waals surface area contributed by atoms with Crippen LogP contribution in [0.25, 0.3) is 0 Å². The van der Waals surface area contributed by atoms with Crippen LogP contribution in [0.3, 0.4) is 0 Å². The lowest BCUT2D eigenvalue weighted by Crippen LogP contribution is -2.49. The number of piperidine rings is 1. The maximum atomic E-state index is 13.1. The number of hydrogen-bond donors (Lipinski definition) is 1. The molecular formula is C18H20FN3O3S. The van der Waals surface area contributed by atoms with Gasteiger partial charge in [-0.15, -0.1) is 0 Å². The first kappa shape index (κ1) is 18.5. The third-order valence-corrected chi connectivity index (χ3v) is 6.24. The van der Waals surface area contributed by atoms with Crippen molar-refractivity contribution in [3.8, 4) is 0 Å². The highest BCUT2D eigenvalue weighted by atomic mass is 32.2. The maximum Gasteiger partial charge on any atom is 0.243 e. The van der Waals surface area contributed by atoms with Crippen molar-refractivity contribution < 1.29 is 17.6 Å². The third-order valence-electron chi connectivity index (χ3n) is 4.32. The molecule has 2 aromatic rings. The Morgan fingerprint density at radius 3 is 2.62 bits per heavy atom. The number of hydrogen-bond acceptors (Lipinski definition) is 4. The van der Waals surface area contributed by atoms with Crippen LogP contribution in [0.5, 0.6) is 0 Å². The van der Waals surface area contributed by atoms with E-state index in [0.717, 1.165) is 24.2 Å². The molecule has 0 saturated carbocycles. The Labute approximate surface area is 152 Å². The van der Waals surface area contributed by atoms with Gasteiger partial charge < -0.3 is 5.32 Å². The van der Waals surface area contributed by atoms with Crippen molar-refractivity contribution in [2.45, 2.75) is 37.1 Å². The lowest BCUT2D eigenvalue weighted by atomic mass is 10.0. The van der Waals surface area contributed by atoms with Crippen LogP contribution >= 0.6 is 0 Å². The highest BCUT2D eigenvalue weighted by Crippen LogP contribution is 2.26. The van der Waals surface area contributed by atoms with Crippen LogP contribution in [0.15, 0.2) is 47.4 Å². The first-order valence-corrected chi connectivity index (χ1v) is 9.84. The number of carbonyl (C=O) groups excluding carboxylic acids is 1. The standard InChI is InChI=1S/C18H20FN3O3S/c1-13-5-4-7-17(20-13)21-18(23)16-6-2-3-12-22(16)26(24,25)15-10-8-14(19)9-11-15/h4-5,7-11,16H,2-3,6,12H2,1H3,(H,20,21,23). The molecule has 3 rings (SSSR count). The molecule has 0 bridgehead atoms. The predicted octanol–water partition coefficient (Wildman–Crippen LogP) is 2.71. The van der Waals surface area contributed by atoms with Crippen LogP contribution in [-0.4, -0.2) is 36.2 Å². The fourth-order valence-electron chi connectivity index (χ4n) is 3.02. The summed E-state index contributed by atoms with van der Waals surface area (Å²) in [4.78, 5) is 16.9. The quantitative estimate of drug-likeness (QED) is 0.889. The molecule has 1 saturated heterocycles. The van der Waals surface area contributed by atoms with Crippen molar-refractivity contribution in [2.24, 2.45) is 0 Å². The second-order valence-electron chi connectivity index (χ2n) is 6.23. The predicted molar refractivity (Wildman–Crippen MR) is 95.5 cm³/mol. The van der Waals surface area contributed by atoms with Crippen molar-refractivity contribution >= 4 is 21.7 Å². The molecule has 0 aliphatic carbocycles. The molecule has 8 heteroatoms. The highest BCUT2D eigenvalue weighted by Gasteiger charge is 2.37. The number of aromatic nitrogens is 1. The van der Waals surface area contributed by atoms with E-state index in [4.69, 9.17) is 0 Å². The van der Waals surface area contributed by atoms with Crippen LogP contribution in [0.1, 0.15) is 25.0 Å². The van der Waals surface area contributed by atoms with Crippen molar-refractivity contribution in [3.63, 3.8) is 0 Å². The molecule has 1 aromatic carbocycles. The van der Waals surface area contributed by atoms with Gasteiger partial charge >= 0.3 is 0 Å².